The van der Waals surface area contributed by atoms with E-state index in [1.54, 1.807) is 18.2 Å². The van der Waals surface area contributed by atoms with Gasteiger partial charge in [0.2, 0.25) is 0 Å². The van der Waals surface area contributed by atoms with E-state index in [-0.39, 0.29) is 11.8 Å². The predicted molar refractivity (Wildman–Crippen MR) is 75.7 cm³/mol. The Morgan fingerprint density at radius 3 is 2.94 bits per heavy atom. The van der Waals surface area contributed by atoms with Crippen molar-refractivity contribution in [3.8, 4) is 0 Å². The SMILES string of the molecule is O=C(CC1CCCCCN1)c1cc(Cl)ccc1Cl. The van der Waals surface area contributed by atoms with Gasteiger partial charge in [-0.05, 0) is 37.6 Å². The summed E-state index contributed by atoms with van der Waals surface area (Å²) in [5.41, 5.74) is 0.537. The first-order chi connectivity index (χ1) is 8.66. The number of Topliss-reactive ketones (excluding diaryl/α,β-unsaturated/α-hetero) is 1. The lowest BCUT2D eigenvalue weighted by Crippen LogP contribution is -2.30. The molecule has 1 atom stereocenters. The van der Waals surface area contributed by atoms with Crippen LogP contribution in [0.2, 0.25) is 10.0 Å². The molecule has 2 nitrogen and oxygen atoms in total. The molecule has 98 valence electrons. The summed E-state index contributed by atoms with van der Waals surface area (Å²) in [5, 5.41) is 4.46. The summed E-state index contributed by atoms with van der Waals surface area (Å²) in [6, 6.07) is 5.31. The maximum absolute atomic E-state index is 12.2. The molecule has 1 unspecified atom stereocenters. The molecular weight excluding hydrogens is 269 g/mol. The summed E-state index contributed by atoms with van der Waals surface area (Å²) < 4.78 is 0. The summed E-state index contributed by atoms with van der Waals surface area (Å²) >= 11 is 11.9. The quantitative estimate of drug-likeness (QED) is 0.848. The normalized spacial score (nSPS) is 20.4. The lowest BCUT2D eigenvalue weighted by molar-refractivity contribution is 0.0968. The fourth-order valence-corrected chi connectivity index (χ4v) is 2.71. The Bertz CT molecular complexity index is 426. The van der Waals surface area contributed by atoms with Gasteiger partial charge in [0.1, 0.15) is 0 Å². The number of carbonyl (C=O) groups is 1. The molecule has 2 rings (SSSR count). The molecular formula is C14H17Cl2NO. The molecule has 1 fully saturated rings. The van der Waals surface area contributed by atoms with Gasteiger partial charge in [0, 0.05) is 23.0 Å². The molecule has 0 radical (unpaired) electrons. The fourth-order valence-electron chi connectivity index (χ4n) is 2.32. The molecule has 1 aliphatic rings. The first-order valence-electron chi connectivity index (χ1n) is 6.38. The number of benzene rings is 1. The van der Waals surface area contributed by atoms with Crippen molar-refractivity contribution in [3.63, 3.8) is 0 Å². The molecule has 0 bridgehead atoms. The minimum Gasteiger partial charge on any atom is -0.314 e. The minimum absolute atomic E-state index is 0.0712. The van der Waals surface area contributed by atoms with E-state index in [0.29, 0.717) is 22.0 Å². The second-order valence-electron chi connectivity index (χ2n) is 4.75. The van der Waals surface area contributed by atoms with Crippen LogP contribution in [0.1, 0.15) is 42.5 Å². The largest absolute Gasteiger partial charge is 0.314 e. The second-order valence-corrected chi connectivity index (χ2v) is 5.60. The van der Waals surface area contributed by atoms with Crippen LogP contribution in [-0.4, -0.2) is 18.4 Å². The topological polar surface area (TPSA) is 29.1 Å². The van der Waals surface area contributed by atoms with Gasteiger partial charge < -0.3 is 5.32 Å². The summed E-state index contributed by atoms with van der Waals surface area (Å²) in [4.78, 5) is 12.2. The molecule has 0 amide bonds. The first-order valence-corrected chi connectivity index (χ1v) is 7.14. The zero-order valence-electron chi connectivity index (χ0n) is 10.2. The summed E-state index contributed by atoms with van der Waals surface area (Å²) in [6.07, 6.45) is 5.19. The van der Waals surface area contributed by atoms with E-state index in [1.165, 1.54) is 19.3 Å². The molecule has 1 saturated heterocycles. The molecule has 1 heterocycles. The van der Waals surface area contributed by atoms with Gasteiger partial charge in [0.05, 0.1) is 5.02 Å². The smallest absolute Gasteiger partial charge is 0.165 e. The number of nitrogens with one attached hydrogen (secondary N) is 1. The van der Waals surface area contributed by atoms with E-state index < -0.39 is 0 Å². The standard InChI is InChI=1S/C14H17Cl2NO/c15-10-5-6-13(16)12(8-10)14(18)9-11-4-2-1-3-7-17-11/h5-6,8,11,17H,1-4,7,9H2. The third-order valence-electron chi connectivity index (χ3n) is 3.32. The van der Waals surface area contributed by atoms with Crippen LogP contribution in [0.25, 0.3) is 0 Å². The van der Waals surface area contributed by atoms with Crippen molar-refractivity contribution >= 4 is 29.0 Å². The second kappa shape index (κ2) is 6.55. The molecule has 0 saturated carbocycles. The van der Waals surface area contributed by atoms with Crippen LogP contribution in [0.4, 0.5) is 0 Å². The number of ketones is 1. The first kappa shape index (κ1) is 13.9. The van der Waals surface area contributed by atoms with Crippen molar-refractivity contribution in [3.05, 3.63) is 33.8 Å². The van der Waals surface area contributed by atoms with Gasteiger partial charge in [-0.2, -0.15) is 0 Å². The third kappa shape index (κ3) is 3.71. The van der Waals surface area contributed by atoms with Crippen molar-refractivity contribution in [1.29, 1.82) is 0 Å². The van der Waals surface area contributed by atoms with Crippen LogP contribution in [0.15, 0.2) is 18.2 Å². The van der Waals surface area contributed by atoms with E-state index in [1.807, 2.05) is 0 Å². The Morgan fingerprint density at radius 2 is 2.11 bits per heavy atom. The average molecular weight is 286 g/mol. The van der Waals surface area contributed by atoms with Crippen LogP contribution >= 0.6 is 23.2 Å². The van der Waals surface area contributed by atoms with E-state index >= 15 is 0 Å². The minimum atomic E-state index is 0.0712. The molecule has 1 aromatic rings. The van der Waals surface area contributed by atoms with Gasteiger partial charge in [-0.1, -0.05) is 36.0 Å². The van der Waals surface area contributed by atoms with Crippen molar-refractivity contribution in [2.24, 2.45) is 0 Å². The lowest BCUT2D eigenvalue weighted by atomic mass is 10.0. The van der Waals surface area contributed by atoms with Crippen molar-refractivity contribution in [2.45, 2.75) is 38.1 Å². The Labute approximate surface area is 118 Å². The Hall–Kier alpha value is -0.570. The molecule has 4 heteroatoms. The molecule has 0 spiro atoms. The number of rotatable bonds is 3. The monoisotopic (exact) mass is 285 g/mol. The van der Waals surface area contributed by atoms with E-state index in [2.05, 4.69) is 5.32 Å². The number of carbonyl (C=O) groups excluding carboxylic acids is 1. The van der Waals surface area contributed by atoms with E-state index in [4.69, 9.17) is 23.2 Å². The van der Waals surface area contributed by atoms with Crippen molar-refractivity contribution in [2.75, 3.05) is 6.54 Å². The van der Waals surface area contributed by atoms with Crippen LogP contribution in [0.3, 0.4) is 0 Å². The number of hydrogen-bond donors (Lipinski definition) is 1. The Balaban J connectivity index is 2.04. The molecule has 1 N–H and O–H groups in total. The molecule has 0 aliphatic carbocycles. The molecule has 0 aromatic heterocycles. The zero-order chi connectivity index (χ0) is 13.0. The Kier molecular flexibility index (Phi) is 5.04. The fraction of sp³-hybridized carbons (Fsp3) is 0.500. The molecule has 18 heavy (non-hydrogen) atoms. The highest BCUT2D eigenvalue weighted by molar-refractivity contribution is 6.35. The highest BCUT2D eigenvalue weighted by Crippen LogP contribution is 2.23. The van der Waals surface area contributed by atoms with Gasteiger partial charge in [0.25, 0.3) is 0 Å². The van der Waals surface area contributed by atoms with Crippen LogP contribution in [0.5, 0.6) is 0 Å². The number of halogens is 2. The van der Waals surface area contributed by atoms with Gasteiger partial charge >= 0.3 is 0 Å². The van der Waals surface area contributed by atoms with Gasteiger partial charge in [0.15, 0.2) is 5.78 Å². The van der Waals surface area contributed by atoms with E-state index in [0.717, 1.165) is 13.0 Å². The summed E-state index contributed by atoms with van der Waals surface area (Å²) in [5.74, 6) is 0.0712. The van der Waals surface area contributed by atoms with Crippen LogP contribution < -0.4 is 5.32 Å². The van der Waals surface area contributed by atoms with Crippen molar-refractivity contribution in [1.82, 2.24) is 5.32 Å². The molecule has 1 aliphatic heterocycles. The average Bonchev–Trinajstić information content (AvgIpc) is 2.61. The lowest BCUT2D eigenvalue weighted by Gasteiger charge is -2.15. The van der Waals surface area contributed by atoms with Gasteiger partial charge in [-0.15, -0.1) is 0 Å². The maximum Gasteiger partial charge on any atom is 0.165 e. The zero-order valence-corrected chi connectivity index (χ0v) is 11.7. The van der Waals surface area contributed by atoms with Crippen LogP contribution in [0, 0.1) is 0 Å². The van der Waals surface area contributed by atoms with E-state index in [9.17, 15) is 4.79 Å². The summed E-state index contributed by atoms with van der Waals surface area (Å²) in [7, 11) is 0. The third-order valence-corrected chi connectivity index (χ3v) is 3.89. The number of hydrogen-bond acceptors (Lipinski definition) is 2. The highest BCUT2D eigenvalue weighted by Gasteiger charge is 2.18. The molecule has 1 aromatic carbocycles. The highest BCUT2D eigenvalue weighted by atomic mass is 35.5. The van der Waals surface area contributed by atoms with Crippen LogP contribution in [-0.2, 0) is 0 Å². The Morgan fingerprint density at radius 1 is 1.28 bits per heavy atom. The summed E-state index contributed by atoms with van der Waals surface area (Å²) in [6.45, 7) is 1.00. The van der Waals surface area contributed by atoms with Gasteiger partial charge in [-0.3, -0.25) is 4.79 Å². The van der Waals surface area contributed by atoms with Crippen molar-refractivity contribution < 1.29 is 4.79 Å². The predicted octanol–water partition coefficient (Wildman–Crippen LogP) is 4.10. The van der Waals surface area contributed by atoms with Gasteiger partial charge in [-0.25, -0.2) is 0 Å². The maximum atomic E-state index is 12.2.